The van der Waals surface area contributed by atoms with Crippen molar-refractivity contribution in [3.8, 4) is 0 Å². The van der Waals surface area contributed by atoms with Crippen molar-refractivity contribution in [2.75, 3.05) is 45.9 Å². The van der Waals surface area contributed by atoms with Crippen molar-refractivity contribution >= 4 is 5.91 Å². The summed E-state index contributed by atoms with van der Waals surface area (Å²) in [6, 6.07) is 0. The summed E-state index contributed by atoms with van der Waals surface area (Å²) in [7, 11) is 0. The van der Waals surface area contributed by atoms with E-state index in [1.165, 1.54) is 0 Å². The van der Waals surface area contributed by atoms with Gasteiger partial charge in [0.05, 0.1) is 24.9 Å². The third-order valence-electron chi connectivity index (χ3n) is 5.71. The molecule has 0 saturated carbocycles. The van der Waals surface area contributed by atoms with E-state index in [0.717, 1.165) is 45.6 Å². The van der Waals surface area contributed by atoms with Crippen molar-refractivity contribution < 1.29 is 19.0 Å². The van der Waals surface area contributed by atoms with Crippen molar-refractivity contribution in [3.63, 3.8) is 0 Å². The van der Waals surface area contributed by atoms with Crippen molar-refractivity contribution in [1.82, 2.24) is 24.8 Å². The summed E-state index contributed by atoms with van der Waals surface area (Å²) in [6.07, 6.45) is 3.95. The van der Waals surface area contributed by atoms with Gasteiger partial charge in [-0.3, -0.25) is 9.69 Å². The highest BCUT2D eigenvalue weighted by Crippen LogP contribution is 2.22. The largest absolute Gasteiger partial charge is 0.373 e. The molecule has 3 heterocycles. The summed E-state index contributed by atoms with van der Waals surface area (Å²) < 4.78 is 18.5. The van der Waals surface area contributed by atoms with Crippen LogP contribution in [-0.2, 0) is 20.8 Å². The van der Waals surface area contributed by atoms with E-state index in [4.69, 9.17) is 14.2 Å². The lowest BCUT2D eigenvalue weighted by Gasteiger charge is -2.39. The Balaban J connectivity index is 1.46. The maximum Gasteiger partial charge on any atom is 0.276 e. The maximum absolute atomic E-state index is 12.9. The predicted octanol–water partition coefficient (Wildman–Crippen LogP) is 1.64. The average Bonchev–Trinajstić information content (AvgIpc) is 3.16. The van der Waals surface area contributed by atoms with E-state index < -0.39 is 0 Å². The smallest absolute Gasteiger partial charge is 0.276 e. The highest BCUT2D eigenvalue weighted by molar-refractivity contribution is 5.91. The van der Waals surface area contributed by atoms with Gasteiger partial charge in [-0.15, -0.1) is 5.10 Å². The van der Waals surface area contributed by atoms with Crippen molar-refractivity contribution in [2.24, 2.45) is 5.92 Å². The van der Waals surface area contributed by atoms with Gasteiger partial charge in [0.1, 0.15) is 0 Å². The lowest BCUT2D eigenvalue weighted by Crippen LogP contribution is -2.48. The Hall–Kier alpha value is -1.55. The minimum Gasteiger partial charge on any atom is -0.373 e. The molecule has 1 aromatic heterocycles. The Morgan fingerprint density at radius 2 is 1.80 bits per heavy atom. The molecule has 2 unspecified atom stereocenters. The SMILES string of the molecule is CCOC(Cn1cc(C(=O)N2CCC(CN3CC(C)OC(C)C3)CC2)nn1)OCC. The molecule has 3 rings (SSSR count). The molecule has 0 aromatic carbocycles. The van der Waals surface area contributed by atoms with Crippen LogP contribution in [-0.4, -0.2) is 95.1 Å². The van der Waals surface area contributed by atoms with Gasteiger partial charge in [0.15, 0.2) is 12.0 Å². The molecular weight excluding hydrogens is 386 g/mol. The molecule has 2 atom stereocenters. The van der Waals surface area contributed by atoms with Gasteiger partial charge in [-0.25, -0.2) is 4.68 Å². The van der Waals surface area contributed by atoms with Crippen LogP contribution >= 0.6 is 0 Å². The third-order valence-corrected chi connectivity index (χ3v) is 5.71. The molecule has 1 amide bonds. The monoisotopic (exact) mass is 423 g/mol. The summed E-state index contributed by atoms with van der Waals surface area (Å²) in [6.45, 7) is 14.3. The number of carbonyl (C=O) groups excluding carboxylic acids is 1. The summed E-state index contributed by atoms with van der Waals surface area (Å²) in [4.78, 5) is 17.3. The molecule has 0 radical (unpaired) electrons. The molecule has 0 spiro atoms. The first-order valence-corrected chi connectivity index (χ1v) is 11.3. The lowest BCUT2D eigenvalue weighted by molar-refractivity contribution is -0.145. The van der Waals surface area contributed by atoms with Crippen LogP contribution in [0.25, 0.3) is 0 Å². The first kappa shape index (κ1) is 23.1. The molecule has 0 aliphatic carbocycles. The van der Waals surface area contributed by atoms with Crippen LogP contribution in [0.3, 0.4) is 0 Å². The summed E-state index contributed by atoms with van der Waals surface area (Å²) >= 11 is 0. The van der Waals surface area contributed by atoms with Crippen molar-refractivity contribution in [2.45, 2.75) is 65.6 Å². The quantitative estimate of drug-likeness (QED) is 0.559. The van der Waals surface area contributed by atoms with Crippen molar-refractivity contribution in [1.29, 1.82) is 0 Å². The number of likely N-dealkylation sites (tertiary alicyclic amines) is 1. The van der Waals surface area contributed by atoms with Crippen LogP contribution in [0, 0.1) is 5.92 Å². The standard InChI is InChI=1S/C21H37N5O4/c1-5-28-20(29-6-2)15-26-14-19(22-23-26)21(27)25-9-7-18(8-10-25)13-24-11-16(3)30-17(4)12-24/h14,16-18,20H,5-13,15H2,1-4H3. The zero-order valence-corrected chi connectivity index (χ0v) is 18.8. The molecule has 30 heavy (non-hydrogen) atoms. The number of rotatable bonds is 9. The second kappa shape index (κ2) is 11.2. The Morgan fingerprint density at radius 3 is 2.40 bits per heavy atom. The lowest BCUT2D eigenvalue weighted by atomic mass is 9.95. The summed E-state index contributed by atoms with van der Waals surface area (Å²) in [5.74, 6) is 0.582. The van der Waals surface area contributed by atoms with E-state index >= 15 is 0 Å². The number of carbonyl (C=O) groups is 1. The summed E-state index contributed by atoms with van der Waals surface area (Å²) in [5.41, 5.74) is 0.385. The fraction of sp³-hybridized carbons (Fsp3) is 0.857. The molecule has 2 aliphatic heterocycles. The third kappa shape index (κ3) is 6.47. The van der Waals surface area contributed by atoms with E-state index in [0.29, 0.717) is 43.6 Å². The molecule has 0 bridgehead atoms. The number of hydrogen-bond donors (Lipinski definition) is 0. The maximum atomic E-state index is 12.9. The fourth-order valence-electron chi connectivity index (χ4n) is 4.44. The van der Waals surface area contributed by atoms with Gasteiger partial charge in [-0.05, 0) is 46.5 Å². The Morgan fingerprint density at radius 1 is 1.17 bits per heavy atom. The van der Waals surface area contributed by atoms with Gasteiger partial charge in [0.2, 0.25) is 0 Å². The first-order valence-electron chi connectivity index (χ1n) is 11.3. The van der Waals surface area contributed by atoms with Gasteiger partial charge in [0.25, 0.3) is 5.91 Å². The van der Waals surface area contributed by atoms with Crippen LogP contribution < -0.4 is 0 Å². The molecule has 2 aliphatic rings. The zero-order chi connectivity index (χ0) is 21.5. The van der Waals surface area contributed by atoms with Gasteiger partial charge < -0.3 is 19.1 Å². The Bertz CT molecular complexity index is 646. The minimum absolute atomic E-state index is 0.0438. The molecule has 9 heteroatoms. The summed E-state index contributed by atoms with van der Waals surface area (Å²) in [5, 5.41) is 8.17. The van der Waals surface area contributed by atoms with E-state index in [2.05, 4.69) is 29.1 Å². The zero-order valence-electron chi connectivity index (χ0n) is 18.8. The van der Waals surface area contributed by atoms with E-state index in [1.54, 1.807) is 10.9 Å². The number of aromatic nitrogens is 3. The van der Waals surface area contributed by atoms with Crippen LogP contribution in [0.5, 0.6) is 0 Å². The molecule has 1 aromatic rings. The molecule has 2 fully saturated rings. The van der Waals surface area contributed by atoms with Crippen LogP contribution in [0.15, 0.2) is 6.20 Å². The second-order valence-corrected chi connectivity index (χ2v) is 8.38. The highest BCUT2D eigenvalue weighted by atomic mass is 16.7. The number of amides is 1. The number of nitrogens with zero attached hydrogens (tertiary/aromatic N) is 5. The van der Waals surface area contributed by atoms with E-state index in [9.17, 15) is 4.79 Å². The molecule has 0 N–H and O–H groups in total. The van der Waals surface area contributed by atoms with Crippen molar-refractivity contribution in [3.05, 3.63) is 11.9 Å². The van der Waals surface area contributed by atoms with Crippen LogP contribution in [0.1, 0.15) is 51.0 Å². The van der Waals surface area contributed by atoms with E-state index in [-0.39, 0.29) is 12.2 Å². The Labute approximate surface area is 179 Å². The molecule has 2 saturated heterocycles. The number of morpholine rings is 1. The van der Waals surface area contributed by atoms with Gasteiger partial charge in [-0.2, -0.15) is 0 Å². The first-order chi connectivity index (χ1) is 14.5. The fourth-order valence-corrected chi connectivity index (χ4v) is 4.44. The second-order valence-electron chi connectivity index (χ2n) is 8.38. The predicted molar refractivity (Wildman–Crippen MR) is 112 cm³/mol. The molecule has 9 nitrogen and oxygen atoms in total. The number of hydrogen-bond acceptors (Lipinski definition) is 7. The molecular formula is C21H37N5O4. The molecule has 170 valence electrons. The minimum atomic E-state index is -0.383. The van der Waals surface area contributed by atoms with Gasteiger partial charge >= 0.3 is 0 Å². The normalized spacial score (nSPS) is 24.0. The van der Waals surface area contributed by atoms with Gasteiger partial charge in [-0.1, -0.05) is 5.21 Å². The highest BCUT2D eigenvalue weighted by Gasteiger charge is 2.29. The van der Waals surface area contributed by atoms with Gasteiger partial charge in [0, 0.05) is 45.9 Å². The van der Waals surface area contributed by atoms with Crippen LogP contribution in [0.4, 0.5) is 0 Å². The Kier molecular flexibility index (Phi) is 8.61. The topological polar surface area (TPSA) is 82.0 Å². The van der Waals surface area contributed by atoms with Crippen LogP contribution in [0.2, 0.25) is 0 Å². The van der Waals surface area contributed by atoms with E-state index in [1.807, 2.05) is 18.7 Å². The number of ether oxygens (including phenoxy) is 3. The number of piperidine rings is 1. The average molecular weight is 424 g/mol.